The van der Waals surface area contributed by atoms with Crippen LogP contribution in [0, 0.1) is 0 Å². The van der Waals surface area contributed by atoms with Crippen LogP contribution in [-0.2, 0) is 4.79 Å². The summed E-state index contributed by atoms with van der Waals surface area (Å²) in [5.41, 5.74) is -0.400. The number of carboxylic acid groups (broad SMARTS) is 1. The molecule has 0 saturated heterocycles. The number of nitrogens with zero attached hydrogens (tertiary/aromatic N) is 2. The molecule has 0 bridgehead atoms. The molecule has 0 aliphatic rings. The van der Waals surface area contributed by atoms with Gasteiger partial charge in [-0.25, -0.2) is 9.78 Å². The Kier molecular flexibility index (Phi) is 4.69. The number of Topliss-reactive ketones (excluding diaryl/α,β-unsaturated/α-hetero) is 1. The average molecular weight is 289 g/mol. The summed E-state index contributed by atoms with van der Waals surface area (Å²) in [6.45, 7) is 0. The molecule has 0 atom stereocenters. The van der Waals surface area contributed by atoms with E-state index >= 15 is 0 Å². The molecular formula is C11H10Cl2N2O3. The second kappa shape index (κ2) is 5.84. The largest absolute Gasteiger partial charge is 0.477 e. The first-order valence-electron chi connectivity index (χ1n) is 4.81. The van der Waals surface area contributed by atoms with Gasteiger partial charge < -0.3 is 10.0 Å². The fraction of sp³-hybridized carbons (Fsp3) is 0.182. The van der Waals surface area contributed by atoms with Crippen molar-refractivity contribution in [3.05, 3.63) is 39.8 Å². The number of hydrogen-bond acceptors (Lipinski definition) is 4. The third kappa shape index (κ3) is 3.45. The Morgan fingerprint density at radius 3 is 2.39 bits per heavy atom. The molecule has 0 aromatic carbocycles. The predicted octanol–water partition coefficient (Wildman–Crippen LogP) is 2.10. The summed E-state index contributed by atoms with van der Waals surface area (Å²) in [5, 5.41) is 9.00. The van der Waals surface area contributed by atoms with E-state index < -0.39 is 17.3 Å². The second-order valence-corrected chi connectivity index (χ2v) is 4.36. The van der Waals surface area contributed by atoms with Crippen LogP contribution in [0.3, 0.4) is 0 Å². The zero-order valence-electron chi connectivity index (χ0n) is 9.65. The summed E-state index contributed by atoms with van der Waals surface area (Å²) in [5.74, 6) is -2.05. The summed E-state index contributed by atoms with van der Waals surface area (Å²) in [7, 11) is 3.22. The maximum absolute atomic E-state index is 12.0. The normalized spacial score (nSPS) is 11.2. The maximum Gasteiger partial charge on any atom is 0.341 e. The highest BCUT2D eigenvalue weighted by molar-refractivity contribution is 6.37. The number of carboxylic acids is 1. The standard InChI is InChI=1S/C11H10Cl2N2O3/c1-15(2)5-7(11(17)18)9(16)6-3-4-8(12)14-10(6)13/h3-5H,1-2H3,(H,17,18)/b7-5-. The van der Waals surface area contributed by atoms with Crippen LogP contribution < -0.4 is 0 Å². The minimum absolute atomic E-state index is 0.00318. The number of aromatic nitrogens is 1. The molecule has 18 heavy (non-hydrogen) atoms. The summed E-state index contributed by atoms with van der Waals surface area (Å²) >= 11 is 11.4. The molecule has 0 fully saturated rings. The summed E-state index contributed by atoms with van der Waals surface area (Å²) in [6.07, 6.45) is 1.20. The number of halogens is 2. The van der Waals surface area contributed by atoms with Gasteiger partial charge in [-0.3, -0.25) is 4.79 Å². The number of rotatable bonds is 4. The topological polar surface area (TPSA) is 70.5 Å². The zero-order chi connectivity index (χ0) is 13.9. The minimum Gasteiger partial charge on any atom is -0.477 e. The number of carbonyl (C=O) groups excluding carboxylic acids is 1. The van der Waals surface area contributed by atoms with Crippen molar-refractivity contribution in [3.63, 3.8) is 0 Å². The molecule has 1 aromatic heterocycles. The van der Waals surface area contributed by atoms with E-state index in [-0.39, 0.29) is 15.9 Å². The van der Waals surface area contributed by atoms with Crippen molar-refractivity contribution in [2.45, 2.75) is 0 Å². The Labute approximate surface area is 114 Å². The number of ketones is 1. The van der Waals surface area contributed by atoms with Gasteiger partial charge >= 0.3 is 5.97 Å². The highest BCUT2D eigenvalue weighted by atomic mass is 35.5. The lowest BCUT2D eigenvalue weighted by atomic mass is 10.1. The summed E-state index contributed by atoms with van der Waals surface area (Å²) in [4.78, 5) is 28.2. The van der Waals surface area contributed by atoms with Gasteiger partial charge in [-0.2, -0.15) is 0 Å². The highest BCUT2D eigenvalue weighted by Crippen LogP contribution is 2.20. The number of hydrogen-bond donors (Lipinski definition) is 1. The predicted molar refractivity (Wildman–Crippen MR) is 68.0 cm³/mol. The van der Waals surface area contributed by atoms with E-state index in [1.165, 1.54) is 23.2 Å². The fourth-order valence-corrected chi connectivity index (χ4v) is 1.63. The SMILES string of the molecule is CN(C)/C=C(\C(=O)O)C(=O)c1ccc(Cl)nc1Cl. The van der Waals surface area contributed by atoms with E-state index in [0.717, 1.165) is 0 Å². The van der Waals surface area contributed by atoms with Crippen LogP contribution in [0.25, 0.3) is 0 Å². The molecule has 1 rings (SSSR count). The van der Waals surface area contributed by atoms with Crippen LogP contribution in [0.2, 0.25) is 10.3 Å². The molecule has 0 unspecified atom stereocenters. The summed E-state index contributed by atoms with van der Waals surface area (Å²) < 4.78 is 0. The zero-order valence-corrected chi connectivity index (χ0v) is 11.2. The lowest BCUT2D eigenvalue weighted by Crippen LogP contribution is -2.17. The van der Waals surface area contributed by atoms with Gasteiger partial charge in [0.25, 0.3) is 0 Å². The Morgan fingerprint density at radius 1 is 1.33 bits per heavy atom. The third-order valence-corrected chi connectivity index (χ3v) is 2.42. The smallest absolute Gasteiger partial charge is 0.341 e. The van der Waals surface area contributed by atoms with Crippen LogP contribution >= 0.6 is 23.2 Å². The van der Waals surface area contributed by atoms with E-state index in [4.69, 9.17) is 28.3 Å². The molecule has 1 N–H and O–H groups in total. The Morgan fingerprint density at radius 2 is 1.94 bits per heavy atom. The first-order chi connectivity index (χ1) is 8.32. The van der Waals surface area contributed by atoms with Crippen molar-refractivity contribution in [2.24, 2.45) is 0 Å². The molecule has 1 aromatic rings. The van der Waals surface area contributed by atoms with Gasteiger partial charge in [0.05, 0.1) is 5.56 Å². The molecule has 0 radical (unpaired) electrons. The molecule has 1 heterocycles. The maximum atomic E-state index is 12.0. The lowest BCUT2D eigenvalue weighted by molar-refractivity contribution is -0.132. The van der Waals surface area contributed by atoms with Gasteiger partial charge in [-0.05, 0) is 12.1 Å². The molecule has 7 heteroatoms. The third-order valence-electron chi connectivity index (χ3n) is 1.92. The summed E-state index contributed by atoms with van der Waals surface area (Å²) in [6, 6.07) is 2.71. The molecule has 0 spiro atoms. The van der Waals surface area contributed by atoms with E-state index in [1.807, 2.05) is 0 Å². The molecular weight excluding hydrogens is 279 g/mol. The molecule has 0 amide bonds. The van der Waals surface area contributed by atoms with Crippen molar-refractivity contribution in [1.29, 1.82) is 0 Å². The molecule has 0 aliphatic heterocycles. The van der Waals surface area contributed by atoms with Crippen molar-refractivity contribution in [2.75, 3.05) is 14.1 Å². The van der Waals surface area contributed by atoms with Crippen LogP contribution in [-0.4, -0.2) is 40.8 Å². The number of pyridine rings is 1. The van der Waals surface area contributed by atoms with Gasteiger partial charge in [-0.15, -0.1) is 0 Å². The Hall–Kier alpha value is -1.59. The van der Waals surface area contributed by atoms with Crippen LogP contribution in [0.1, 0.15) is 10.4 Å². The Bertz CT molecular complexity index is 527. The first-order valence-corrected chi connectivity index (χ1v) is 5.56. The lowest BCUT2D eigenvalue weighted by Gasteiger charge is -2.08. The van der Waals surface area contributed by atoms with E-state index in [2.05, 4.69) is 4.98 Å². The highest BCUT2D eigenvalue weighted by Gasteiger charge is 2.22. The molecule has 5 nitrogen and oxygen atoms in total. The molecule has 96 valence electrons. The molecule has 0 aliphatic carbocycles. The number of aliphatic carboxylic acids is 1. The average Bonchev–Trinajstić information content (AvgIpc) is 2.24. The van der Waals surface area contributed by atoms with Crippen molar-refractivity contribution in [3.8, 4) is 0 Å². The minimum atomic E-state index is -1.33. The van der Waals surface area contributed by atoms with Crippen LogP contribution in [0.5, 0.6) is 0 Å². The monoisotopic (exact) mass is 288 g/mol. The van der Waals surface area contributed by atoms with Gasteiger partial charge in [0.2, 0.25) is 5.78 Å². The van der Waals surface area contributed by atoms with Gasteiger partial charge in [0.1, 0.15) is 15.9 Å². The van der Waals surface area contributed by atoms with Gasteiger partial charge in [0, 0.05) is 20.3 Å². The number of carbonyl (C=O) groups is 2. The van der Waals surface area contributed by atoms with E-state index in [1.54, 1.807) is 14.1 Å². The van der Waals surface area contributed by atoms with E-state index in [9.17, 15) is 9.59 Å². The van der Waals surface area contributed by atoms with Crippen molar-refractivity contribution < 1.29 is 14.7 Å². The Balaban J connectivity index is 3.23. The van der Waals surface area contributed by atoms with Crippen LogP contribution in [0.4, 0.5) is 0 Å². The van der Waals surface area contributed by atoms with E-state index in [0.29, 0.717) is 0 Å². The quantitative estimate of drug-likeness (QED) is 0.302. The fourth-order valence-electron chi connectivity index (χ4n) is 1.20. The second-order valence-electron chi connectivity index (χ2n) is 3.61. The first kappa shape index (κ1) is 14.5. The van der Waals surface area contributed by atoms with Crippen molar-refractivity contribution >= 4 is 35.0 Å². The van der Waals surface area contributed by atoms with Gasteiger partial charge in [-0.1, -0.05) is 23.2 Å². The van der Waals surface area contributed by atoms with Gasteiger partial charge in [0.15, 0.2) is 0 Å². The molecule has 0 saturated carbocycles. The van der Waals surface area contributed by atoms with Crippen LogP contribution in [0.15, 0.2) is 23.9 Å². The van der Waals surface area contributed by atoms with Crippen molar-refractivity contribution in [1.82, 2.24) is 9.88 Å².